The predicted molar refractivity (Wildman–Crippen MR) is 60.1 cm³/mol. The van der Waals surface area contributed by atoms with Gasteiger partial charge in [-0.1, -0.05) is 54.6 Å². The SMILES string of the molecule is OC/C=C/C=C/CCc1ccccc1. The molecule has 0 aliphatic carbocycles. The molecule has 1 rings (SSSR count). The Hall–Kier alpha value is -1.34. The van der Waals surface area contributed by atoms with Gasteiger partial charge in [0.1, 0.15) is 0 Å². The van der Waals surface area contributed by atoms with Gasteiger partial charge in [-0.15, -0.1) is 0 Å². The van der Waals surface area contributed by atoms with Crippen LogP contribution in [0.3, 0.4) is 0 Å². The third kappa shape index (κ3) is 4.63. The van der Waals surface area contributed by atoms with Gasteiger partial charge in [-0.3, -0.25) is 0 Å². The van der Waals surface area contributed by atoms with Gasteiger partial charge in [-0.05, 0) is 18.4 Å². The number of benzene rings is 1. The monoisotopic (exact) mass is 188 g/mol. The summed E-state index contributed by atoms with van der Waals surface area (Å²) in [5, 5.41) is 8.48. The minimum atomic E-state index is 0.114. The van der Waals surface area contributed by atoms with Crippen LogP contribution in [0.25, 0.3) is 0 Å². The molecule has 0 radical (unpaired) electrons. The van der Waals surface area contributed by atoms with Crippen LogP contribution in [0.2, 0.25) is 0 Å². The Balaban J connectivity index is 2.22. The highest BCUT2D eigenvalue weighted by atomic mass is 16.2. The van der Waals surface area contributed by atoms with Crippen LogP contribution in [0, 0.1) is 0 Å². The van der Waals surface area contributed by atoms with Crippen molar-refractivity contribution in [2.75, 3.05) is 6.61 Å². The van der Waals surface area contributed by atoms with Crippen molar-refractivity contribution in [2.45, 2.75) is 12.8 Å². The number of aliphatic hydroxyl groups excluding tert-OH is 1. The minimum absolute atomic E-state index is 0.114. The molecule has 0 atom stereocenters. The van der Waals surface area contributed by atoms with E-state index in [0.717, 1.165) is 12.8 Å². The maximum atomic E-state index is 8.48. The average molecular weight is 188 g/mol. The van der Waals surface area contributed by atoms with E-state index in [9.17, 15) is 0 Å². The van der Waals surface area contributed by atoms with E-state index in [1.807, 2.05) is 18.2 Å². The number of hydrogen-bond acceptors (Lipinski definition) is 1. The Bertz CT molecular complexity index is 285. The first-order valence-corrected chi connectivity index (χ1v) is 4.90. The van der Waals surface area contributed by atoms with Gasteiger partial charge in [0.25, 0.3) is 0 Å². The van der Waals surface area contributed by atoms with Crippen LogP contribution in [-0.4, -0.2) is 11.7 Å². The predicted octanol–water partition coefficient (Wildman–Crippen LogP) is 2.72. The van der Waals surface area contributed by atoms with Crippen LogP contribution in [0.4, 0.5) is 0 Å². The van der Waals surface area contributed by atoms with Crippen LogP contribution in [-0.2, 0) is 6.42 Å². The van der Waals surface area contributed by atoms with Gasteiger partial charge < -0.3 is 5.11 Å². The van der Waals surface area contributed by atoms with Crippen molar-refractivity contribution in [3.63, 3.8) is 0 Å². The molecule has 1 N–H and O–H groups in total. The summed E-state index contributed by atoms with van der Waals surface area (Å²) in [7, 11) is 0. The summed E-state index contributed by atoms with van der Waals surface area (Å²) in [5.74, 6) is 0. The summed E-state index contributed by atoms with van der Waals surface area (Å²) in [6.07, 6.45) is 9.78. The molecule has 1 heteroatoms. The molecule has 0 aliphatic heterocycles. The zero-order valence-corrected chi connectivity index (χ0v) is 8.26. The Morgan fingerprint density at radius 3 is 2.43 bits per heavy atom. The van der Waals surface area contributed by atoms with Crippen LogP contribution in [0.15, 0.2) is 54.6 Å². The molecule has 14 heavy (non-hydrogen) atoms. The maximum absolute atomic E-state index is 8.48. The molecular weight excluding hydrogens is 172 g/mol. The highest BCUT2D eigenvalue weighted by Gasteiger charge is 1.86. The highest BCUT2D eigenvalue weighted by molar-refractivity contribution is 5.15. The van der Waals surface area contributed by atoms with Crippen molar-refractivity contribution in [1.82, 2.24) is 0 Å². The molecule has 1 aromatic carbocycles. The van der Waals surface area contributed by atoms with E-state index >= 15 is 0 Å². The van der Waals surface area contributed by atoms with Crippen LogP contribution >= 0.6 is 0 Å². The first kappa shape index (κ1) is 10.7. The van der Waals surface area contributed by atoms with E-state index in [-0.39, 0.29) is 6.61 Å². The molecular formula is C13H16O. The first-order valence-electron chi connectivity index (χ1n) is 4.90. The number of rotatable bonds is 5. The molecule has 0 spiro atoms. The standard InChI is InChI=1S/C13H16O/c14-12-8-3-1-2-5-9-13-10-6-4-7-11-13/h1-4,6-8,10-11,14H,5,9,12H2/b2-1+,8-3+. The Kier molecular flexibility index (Phi) is 5.45. The molecule has 0 heterocycles. The van der Waals surface area contributed by atoms with Crippen molar-refractivity contribution in [3.8, 4) is 0 Å². The summed E-state index contributed by atoms with van der Waals surface area (Å²) in [6, 6.07) is 10.4. The second kappa shape index (κ2) is 7.10. The van der Waals surface area contributed by atoms with Crippen LogP contribution in [0.5, 0.6) is 0 Å². The second-order valence-electron chi connectivity index (χ2n) is 3.06. The molecule has 0 aliphatic rings. The highest BCUT2D eigenvalue weighted by Crippen LogP contribution is 2.02. The van der Waals surface area contributed by atoms with Crippen molar-refractivity contribution in [3.05, 3.63) is 60.2 Å². The van der Waals surface area contributed by atoms with Gasteiger partial charge in [0.2, 0.25) is 0 Å². The fourth-order valence-electron chi connectivity index (χ4n) is 1.21. The molecule has 0 bridgehead atoms. The summed E-state index contributed by atoms with van der Waals surface area (Å²) in [6.45, 7) is 0.114. The van der Waals surface area contributed by atoms with Crippen molar-refractivity contribution >= 4 is 0 Å². The first-order chi connectivity index (χ1) is 6.93. The maximum Gasteiger partial charge on any atom is 0.0615 e. The number of hydrogen-bond donors (Lipinski definition) is 1. The van der Waals surface area contributed by atoms with E-state index < -0.39 is 0 Å². The largest absolute Gasteiger partial charge is 0.392 e. The summed E-state index contributed by atoms with van der Waals surface area (Å²) >= 11 is 0. The van der Waals surface area contributed by atoms with E-state index in [0.29, 0.717) is 0 Å². The number of aryl methyl sites for hydroxylation is 1. The quantitative estimate of drug-likeness (QED) is 0.704. The summed E-state index contributed by atoms with van der Waals surface area (Å²) < 4.78 is 0. The molecule has 74 valence electrons. The van der Waals surface area contributed by atoms with E-state index in [1.54, 1.807) is 6.08 Å². The number of aliphatic hydroxyl groups is 1. The van der Waals surface area contributed by atoms with E-state index in [1.165, 1.54) is 5.56 Å². The van der Waals surface area contributed by atoms with Gasteiger partial charge in [0, 0.05) is 0 Å². The zero-order chi connectivity index (χ0) is 10.1. The lowest BCUT2D eigenvalue weighted by Gasteiger charge is -1.95. The normalized spacial score (nSPS) is 11.5. The van der Waals surface area contributed by atoms with Crippen LogP contribution in [0.1, 0.15) is 12.0 Å². The smallest absolute Gasteiger partial charge is 0.0615 e. The minimum Gasteiger partial charge on any atom is -0.392 e. The Morgan fingerprint density at radius 1 is 1.00 bits per heavy atom. The third-order valence-corrected chi connectivity index (χ3v) is 1.93. The molecule has 1 nitrogen and oxygen atoms in total. The van der Waals surface area contributed by atoms with Gasteiger partial charge in [0.05, 0.1) is 6.61 Å². The fraction of sp³-hybridized carbons (Fsp3) is 0.231. The van der Waals surface area contributed by atoms with Gasteiger partial charge in [-0.2, -0.15) is 0 Å². The summed E-state index contributed by atoms with van der Waals surface area (Å²) in [4.78, 5) is 0. The van der Waals surface area contributed by atoms with E-state index in [2.05, 4.69) is 30.3 Å². The molecule has 0 unspecified atom stereocenters. The molecule has 0 saturated carbocycles. The molecule has 1 aromatic rings. The molecule has 0 amide bonds. The zero-order valence-electron chi connectivity index (χ0n) is 8.26. The fourth-order valence-corrected chi connectivity index (χ4v) is 1.21. The molecule has 0 saturated heterocycles. The van der Waals surface area contributed by atoms with Gasteiger partial charge in [0.15, 0.2) is 0 Å². The Morgan fingerprint density at radius 2 is 1.71 bits per heavy atom. The number of allylic oxidation sites excluding steroid dienone is 3. The van der Waals surface area contributed by atoms with Gasteiger partial charge in [-0.25, -0.2) is 0 Å². The Labute approximate surface area is 85.4 Å². The van der Waals surface area contributed by atoms with Crippen molar-refractivity contribution in [1.29, 1.82) is 0 Å². The average Bonchev–Trinajstić information content (AvgIpc) is 2.25. The second-order valence-corrected chi connectivity index (χ2v) is 3.06. The third-order valence-electron chi connectivity index (χ3n) is 1.93. The molecule has 0 aromatic heterocycles. The topological polar surface area (TPSA) is 20.2 Å². The lowest BCUT2D eigenvalue weighted by molar-refractivity contribution is 0.343. The summed E-state index contributed by atoms with van der Waals surface area (Å²) in [5.41, 5.74) is 1.36. The lowest BCUT2D eigenvalue weighted by atomic mass is 10.1. The van der Waals surface area contributed by atoms with Crippen molar-refractivity contribution < 1.29 is 5.11 Å². The van der Waals surface area contributed by atoms with Crippen LogP contribution < -0.4 is 0 Å². The molecule has 0 fully saturated rings. The van der Waals surface area contributed by atoms with Gasteiger partial charge >= 0.3 is 0 Å². The van der Waals surface area contributed by atoms with Crippen molar-refractivity contribution in [2.24, 2.45) is 0 Å². The van der Waals surface area contributed by atoms with E-state index in [4.69, 9.17) is 5.11 Å². The lowest BCUT2D eigenvalue weighted by Crippen LogP contribution is -1.80.